The molecule has 0 bridgehead atoms. The molecule has 0 fully saturated rings. The molecule has 6 heteroatoms. The van der Waals surface area contributed by atoms with Crippen LogP contribution in [0.1, 0.15) is 10.4 Å². The van der Waals surface area contributed by atoms with Gasteiger partial charge in [-0.15, -0.1) is 0 Å². The van der Waals surface area contributed by atoms with Gasteiger partial charge in [0.15, 0.2) is 6.61 Å². The largest absolute Gasteiger partial charge is 0.481 e. The fourth-order valence-corrected chi connectivity index (χ4v) is 1.30. The molecule has 0 spiro atoms. The van der Waals surface area contributed by atoms with Crippen molar-refractivity contribution in [2.24, 2.45) is 0 Å². The van der Waals surface area contributed by atoms with Crippen LogP contribution in [0.15, 0.2) is 22.7 Å². The average Bonchev–Trinajstić information content (AvgIpc) is 2.15. The lowest BCUT2D eigenvalue weighted by Gasteiger charge is -2.06. The first-order valence-corrected chi connectivity index (χ1v) is 4.67. The van der Waals surface area contributed by atoms with Crippen LogP contribution in [0.3, 0.4) is 0 Å². The summed E-state index contributed by atoms with van der Waals surface area (Å²) in [6, 6.07) is 4.32. The Morgan fingerprint density at radius 1 is 1.33 bits per heavy atom. The number of halogens is 1. The molecule has 5 nitrogen and oxygen atoms in total. The minimum absolute atomic E-state index is 0.0353. The molecule has 0 amide bonds. The zero-order chi connectivity index (χ0) is 11.4. The fraction of sp³-hybridized carbons (Fsp3) is 0.111. The smallest absolute Gasteiger partial charge is 0.341 e. The Kier molecular flexibility index (Phi) is 3.68. The van der Waals surface area contributed by atoms with Crippen molar-refractivity contribution in [2.75, 3.05) is 6.61 Å². The van der Waals surface area contributed by atoms with E-state index in [4.69, 9.17) is 14.9 Å². The quantitative estimate of drug-likeness (QED) is 0.872. The van der Waals surface area contributed by atoms with Gasteiger partial charge in [0.2, 0.25) is 0 Å². The molecule has 0 aliphatic carbocycles. The van der Waals surface area contributed by atoms with Crippen LogP contribution in [0, 0.1) is 0 Å². The first-order valence-electron chi connectivity index (χ1n) is 3.88. The van der Waals surface area contributed by atoms with Crippen molar-refractivity contribution in [1.82, 2.24) is 0 Å². The van der Waals surface area contributed by atoms with E-state index in [0.29, 0.717) is 4.47 Å². The lowest BCUT2D eigenvalue weighted by atomic mass is 10.2. The Morgan fingerprint density at radius 3 is 2.53 bits per heavy atom. The Morgan fingerprint density at radius 2 is 2.00 bits per heavy atom. The van der Waals surface area contributed by atoms with Gasteiger partial charge in [-0.1, -0.05) is 15.9 Å². The number of aliphatic carboxylic acids is 1. The average molecular weight is 275 g/mol. The molecule has 0 aromatic heterocycles. The number of aromatic carboxylic acids is 1. The highest BCUT2D eigenvalue weighted by molar-refractivity contribution is 9.10. The molecule has 0 atom stereocenters. The molecule has 0 saturated carbocycles. The third-order valence-electron chi connectivity index (χ3n) is 1.52. The summed E-state index contributed by atoms with van der Waals surface area (Å²) in [7, 11) is 0. The molecular formula is C9H7BrO5. The summed E-state index contributed by atoms with van der Waals surface area (Å²) in [5.41, 5.74) is -0.0781. The monoisotopic (exact) mass is 274 g/mol. The minimum Gasteiger partial charge on any atom is -0.481 e. The van der Waals surface area contributed by atoms with Crippen molar-refractivity contribution in [1.29, 1.82) is 0 Å². The van der Waals surface area contributed by atoms with E-state index < -0.39 is 18.5 Å². The van der Waals surface area contributed by atoms with E-state index in [9.17, 15) is 9.59 Å². The highest BCUT2D eigenvalue weighted by atomic mass is 79.9. The van der Waals surface area contributed by atoms with Gasteiger partial charge in [0.1, 0.15) is 11.3 Å². The third-order valence-corrected chi connectivity index (χ3v) is 2.02. The molecule has 0 aliphatic heterocycles. The standard InChI is InChI=1S/C9H7BrO5/c10-5-1-2-7(15-4-8(11)12)6(3-5)9(13)14/h1-3H,4H2,(H,11,12)(H,13,14). The Labute approximate surface area is 93.4 Å². The normalized spacial score (nSPS) is 9.67. The van der Waals surface area contributed by atoms with Crippen molar-refractivity contribution < 1.29 is 24.5 Å². The van der Waals surface area contributed by atoms with Crippen molar-refractivity contribution in [2.45, 2.75) is 0 Å². The maximum Gasteiger partial charge on any atom is 0.341 e. The van der Waals surface area contributed by atoms with Gasteiger partial charge in [-0.05, 0) is 18.2 Å². The third kappa shape index (κ3) is 3.25. The lowest BCUT2D eigenvalue weighted by molar-refractivity contribution is -0.139. The Bertz CT molecular complexity index is 401. The van der Waals surface area contributed by atoms with Crippen molar-refractivity contribution >= 4 is 27.9 Å². The van der Waals surface area contributed by atoms with E-state index in [0.717, 1.165) is 0 Å². The summed E-state index contributed by atoms with van der Waals surface area (Å²) >= 11 is 3.11. The van der Waals surface area contributed by atoms with Gasteiger partial charge in [0, 0.05) is 4.47 Å². The summed E-state index contributed by atoms with van der Waals surface area (Å²) in [6.45, 7) is -0.568. The van der Waals surface area contributed by atoms with Crippen LogP contribution in [0.5, 0.6) is 5.75 Å². The van der Waals surface area contributed by atoms with Gasteiger partial charge < -0.3 is 14.9 Å². The molecule has 0 radical (unpaired) electrons. The summed E-state index contributed by atoms with van der Waals surface area (Å²) in [5, 5.41) is 17.2. The first-order chi connectivity index (χ1) is 7.00. The highest BCUT2D eigenvalue weighted by Crippen LogP contribution is 2.23. The molecule has 0 heterocycles. The van der Waals surface area contributed by atoms with Gasteiger partial charge in [0.25, 0.3) is 0 Å². The van der Waals surface area contributed by atoms with Gasteiger partial charge >= 0.3 is 11.9 Å². The summed E-state index contributed by atoms with van der Waals surface area (Å²) in [5.74, 6) is -2.29. The number of carbonyl (C=O) groups is 2. The van der Waals surface area contributed by atoms with Gasteiger partial charge in [-0.2, -0.15) is 0 Å². The SMILES string of the molecule is O=C(O)COc1ccc(Br)cc1C(=O)O. The molecule has 1 aromatic rings. The van der Waals surface area contributed by atoms with E-state index in [1.165, 1.54) is 12.1 Å². The summed E-state index contributed by atoms with van der Waals surface area (Å²) in [4.78, 5) is 21.0. The second-order valence-electron chi connectivity index (χ2n) is 2.63. The Balaban J connectivity index is 2.95. The van der Waals surface area contributed by atoms with Crippen LogP contribution >= 0.6 is 15.9 Å². The number of carboxylic acids is 2. The molecule has 2 N–H and O–H groups in total. The molecule has 1 rings (SSSR count). The molecule has 1 aromatic carbocycles. The van der Waals surface area contributed by atoms with E-state index >= 15 is 0 Å². The molecule has 0 saturated heterocycles. The van der Waals surface area contributed by atoms with Crippen LogP contribution in [-0.4, -0.2) is 28.8 Å². The van der Waals surface area contributed by atoms with Gasteiger partial charge in [-0.25, -0.2) is 9.59 Å². The molecule has 0 aliphatic rings. The van der Waals surface area contributed by atoms with Crippen LogP contribution in [-0.2, 0) is 4.79 Å². The van der Waals surface area contributed by atoms with Crippen LogP contribution in [0.2, 0.25) is 0 Å². The Hall–Kier alpha value is -1.56. The van der Waals surface area contributed by atoms with Crippen molar-refractivity contribution in [3.63, 3.8) is 0 Å². The zero-order valence-corrected chi connectivity index (χ0v) is 9.02. The predicted molar refractivity (Wildman–Crippen MR) is 54.2 cm³/mol. The number of carboxylic acid groups (broad SMARTS) is 2. The van der Waals surface area contributed by atoms with Crippen LogP contribution in [0.4, 0.5) is 0 Å². The highest BCUT2D eigenvalue weighted by Gasteiger charge is 2.12. The first kappa shape index (κ1) is 11.5. The number of hydrogen-bond donors (Lipinski definition) is 2. The minimum atomic E-state index is -1.17. The molecule has 80 valence electrons. The number of benzene rings is 1. The van der Waals surface area contributed by atoms with E-state index in [2.05, 4.69) is 15.9 Å². The van der Waals surface area contributed by atoms with Gasteiger partial charge in [-0.3, -0.25) is 0 Å². The molecular weight excluding hydrogens is 268 g/mol. The fourth-order valence-electron chi connectivity index (χ4n) is 0.935. The zero-order valence-electron chi connectivity index (χ0n) is 7.44. The van der Waals surface area contributed by atoms with Crippen LogP contribution in [0.25, 0.3) is 0 Å². The topological polar surface area (TPSA) is 83.8 Å². The van der Waals surface area contributed by atoms with Crippen LogP contribution < -0.4 is 4.74 Å². The van der Waals surface area contributed by atoms with Gasteiger partial charge in [0.05, 0.1) is 0 Å². The summed E-state index contributed by atoms with van der Waals surface area (Å²) < 4.78 is 5.40. The maximum atomic E-state index is 10.8. The number of hydrogen-bond acceptors (Lipinski definition) is 3. The lowest BCUT2D eigenvalue weighted by Crippen LogP contribution is -2.11. The van der Waals surface area contributed by atoms with E-state index in [1.807, 2.05) is 0 Å². The van der Waals surface area contributed by atoms with E-state index in [-0.39, 0.29) is 11.3 Å². The van der Waals surface area contributed by atoms with Crippen molar-refractivity contribution in [3.8, 4) is 5.75 Å². The maximum absolute atomic E-state index is 10.8. The second-order valence-corrected chi connectivity index (χ2v) is 3.54. The van der Waals surface area contributed by atoms with E-state index in [1.54, 1.807) is 6.07 Å². The number of rotatable bonds is 4. The predicted octanol–water partition coefficient (Wildman–Crippen LogP) is 1.61. The van der Waals surface area contributed by atoms with Crippen molar-refractivity contribution in [3.05, 3.63) is 28.2 Å². The number of ether oxygens (including phenoxy) is 1. The molecule has 0 unspecified atom stereocenters. The second kappa shape index (κ2) is 4.79. The molecule has 15 heavy (non-hydrogen) atoms. The summed E-state index contributed by atoms with van der Waals surface area (Å²) in [6.07, 6.45) is 0.